The van der Waals surface area contributed by atoms with Crippen LogP contribution in [0.1, 0.15) is 22.8 Å². The van der Waals surface area contributed by atoms with Crippen molar-refractivity contribution in [1.82, 2.24) is 5.32 Å². The number of hydrogen-bond donors (Lipinski definition) is 2. The summed E-state index contributed by atoms with van der Waals surface area (Å²) in [5.41, 5.74) is 1.42. The average Bonchev–Trinajstić information content (AvgIpc) is 2.20. The largest absolute Gasteiger partial charge is 0.387 e. The number of halogens is 2. The maximum atomic E-state index is 13.6. The normalized spacial score (nSPS) is 12.9. The van der Waals surface area contributed by atoms with E-state index in [1.165, 1.54) is 0 Å². The van der Waals surface area contributed by atoms with E-state index >= 15 is 0 Å². The first-order valence-electron chi connectivity index (χ1n) is 4.76. The van der Waals surface area contributed by atoms with Gasteiger partial charge in [0.25, 0.3) is 0 Å². The molecule has 1 aromatic rings. The summed E-state index contributed by atoms with van der Waals surface area (Å²) < 4.78 is 13.6. The van der Waals surface area contributed by atoms with Crippen LogP contribution in [-0.4, -0.2) is 18.7 Å². The summed E-state index contributed by atoms with van der Waals surface area (Å²) in [6.45, 7) is 3.64. The van der Waals surface area contributed by atoms with Gasteiger partial charge in [-0.25, -0.2) is 4.39 Å². The Balaban J connectivity index is 3.19. The van der Waals surface area contributed by atoms with E-state index in [9.17, 15) is 9.50 Å². The first-order chi connectivity index (χ1) is 6.99. The second-order valence-electron chi connectivity index (χ2n) is 3.59. The molecular weight excluding hydrogens is 217 g/mol. The zero-order chi connectivity index (χ0) is 11.6. The molecule has 4 heteroatoms. The molecule has 0 aliphatic carbocycles. The van der Waals surface area contributed by atoms with Gasteiger partial charge in [0.1, 0.15) is 5.82 Å². The van der Waals surface area contributed by atoms with Crippen LogP contribution < -0.4 is 5.32 Å². The molecule has 0 spiro atoms. The number of rotatable bonds is 3. The Hall–Kier alpha value is -0.640. The van der Waals surface area contributed by atoms with Gasteiger partial charge in [-0.3, -0.25) is 0 Å². The molecule has 1 rings (SSSR count). The molecule has 0 bridgehead atoms. The Bertz CT molecular complexity index is 368. The van der Waals surface area contributed by atoms with Gasteiger partial charge < -0.3 is 10.4 Å². The number of likely N-dealkylation sites (N-methyl/N-ethyl adjacent to an activating group) is 1. The van der Waals surface area contributed by atoms with Gasteiger partial charge in [-0.05, 0) is 38.1 Å². The Morgan fingerprint density at radius 2 is 2.07 bits per heavy atom. The quantitative estimate of drug-likeness (QED) is 0.837. The van der Waals surface area contributed by atoms with E-state index < -0.39 is 6.10 Å². The molecule has 0 radical (unpaired) electrons. The van der Waals surface area contributed by atoms with Gasteiger partial charge in [0, 0.05) is 17.1 Å². The van der Waals surface area contributed by atoms with Gasteiger partial charge in [0.15, 0.2) is 0 Å². The van der Waals surface area contributed by atoms with E-state index in [1.54, 1.807) is 27.0 Å². The number of hydrogen-bond acceptors (Lipinski definition) is 2. The van der Waals surface area contributed by atoms with Crippen LogP contribution in [0.15, 0.2) is 6.07 Å². The highest BCUT2D eigenvalue weighted by atomic mass is 35.5. The number of nitrogens with one attached hydrogen (secondary N) is 1. The van der Waals surface area contributed by atoms with Crippen molar-refractivity contribution in [3.63, 3.8) is 0 Å². The van der Waals surface area contributed by atoms with Crippen molar-refractivity contribution in [3.05, 3.63) is 33.6 Å². The molecule has 1 unspecified atom stereocenters. The van der Waals surface area contributed by atoms with E-state index in [2.05, 4.69) is 5.32 Å². The van der Waals surface area contributed by atoms with Gasteiger partial charge >= 0.3 is 0 Å². The predicted molar refractivity (Wildman–Crippen MR) is 59.8 cm³/mol. The lowest BCUT2D eigenvalue weighted by molar-refractivity contribution is 0.176. The van der Waals surface area contributed by atoms with Crippen LogP contribution >= 0.6 is 11.6 Å². The van der Waals surface area contributed by atoms with Crippen LogP contribution in [0.5, 0.6) is 0 Å². The van der Waals surface area contributed by atoms with Crippen LogP contribution in [0.3, 0.4) is 0 Å². The van der Waals surface area contributed by atoms with Gasteiger partial charge in [0.05, 0.1) is 6.10 Å². The number of benzene rings is 1. The van der Waals surface area contributed by atoms with E-state index in [0.29, 0.717) is 28.3 Å². The fraction of sp³-hybridized carbons (Fsp3) is 0.455. The van der Waals surface area contributed by atoms with E-state index in [-0.39, 0.29) is 5.82 Å². The van der Waals surface area contributed by atoms with E-state index in [0.717, 1.165) is 0 Å². The fourth-order valence-corrected chi connectivity index (χ4v) is 1.72. The molecular formula is C11H15ClFNO. The minimum absolute atomic E-state index is 0.340. The van der Waals surface area contributed by atoms with Crippen molar-refractivity contribution in [3.8, 4) is 0 Å². The third kappa shape index (κ3) is 2.48. The first kappa shape index (κ1) is 12.4. The van der Waals surface area contributed by atoms with Crippen LogP contribution in [0.4, 0.5) is 4.39 Å². The molecule has 0 saturated heterocycles. The zero-order valence-electron chi connectivity index (χ0n) is 9.06. The highest BCUT2D eigenvalue weighted by Gasteiger charge is 2.16. The first-order valence-corrected chi connectivity index (χ1v) is 5.14. The third-order valence-corrected chi connectivity index (χ3v) is 2.88. The molecule has 0 saturated carbocycles. The summed E-state index contributed by atoms with van der Waals surface area (Å²) in [7, 11) is 1.73. The molecule has 15 heavy (non-hydrogen) atoms. The van der Waals surface area contributed by atoms with Crippen molar-refractivity contribution >= 4 is 11.6 Å². The highest BCUT2D eigenvalue weighted by Crippen LogP contribution is 2.28. The Kier molecular flexibility index (Phi) is 4.08. The summed E-state index contributed by atoms with van der Waals surface area (Å²) in [4.78, 5) is 0. The SMILES string of the molecule is CNCC(O)c1cc(Cl)c(C)c(F)c1C. The van der Waals surface area contributed by atoms with Crippen LogP contribution in [0, 0.1) is 19.7 Å². The topological polar surface area (TPSA) is 32.3 Å². The molecule has 1 aromatic carbocycles. The van der Waals surface area contributed by atoms with Crippen LogP contribution in [-0.2, 0) is 0 Å². The summed E-state index contributed by atoms with van der Waals surface area (Å²) in [6.07, 6.45) is -0.734. The minimum Gasteiger partial charge on any atom is -0.387 e. The van der Waals surface area contributed by atoms with Crippen molar-refractivity contribution in [2.75, 3.05) is 13.6 Å². The maximum Gasteiger partial charge on any atom is 0.130 e. The van der Waals surface area contributed by atoms with Crippen molar-refractivity contribution in [2.45, 2.75) is 20.0 Å². The van der Waals surface area contributed by atoms with Crippen molar-refractivity contribution in [1.29, 1.82) is 0 Å². The summed E-state index contributed by atoms with van der Waals surface area (Å²) in [6, 6.07) is 1.62. The van der Waals surface area contributed by atoms with Crippen LogP contribution in [0.25, 0.3) is 0 Å². The highest BCUT2D eigenvalue weighted by molar-refractivity contribution is 6.31. The van der Waals surface area contributed by atoms with Gasteiger partial charge in [-0.1, -0.05) is 11.6 Å². The van der Waals surface area contributed by atoms with Gasteiger partial charge in [-0.15, -0.1) is 0 Å². The molecule has 0 aliphatic heterocycles. The molecule has 2 N–H and O–H groups in total. The van der Waals surface area contributed by atoms with Gasteiger partial charge in [-0.2, -0.15) is 0 Å². The predicted octanol–water partition coefficient (Wildman–Crippen LogP) is 2.35. The number of aliphatic hydroxyl groups is 1. The zero-order valence-corrected chi connectivity index (χ0v) is 9.82. The second-order valence-corrected chi connectivity index (χ2v) is 3.99. The van der Waals surface area contributed by atoms with Crippen LogP contribution in [0.2, 0.25) is 5.02 Å². The molecule has 0 aromatic heterocycles. The average molecular weight is 232 g/mol. The fourth-order valence-electron chi connectivity index (χ4n) is 1.52. The molecule has 0 heterocycles. The lowest BCUT2D eigenvalue weighted by Gasteiger charge is -2.15. The van der Waals surface area contributed by atoms with E-state index in [4.69, 9.17) is 11.6 Å². The Labute approximate surface area is 94.1 Å². The molecule has 2 nitrogen and oxygen atoms in total. The number of aliphatic hydroxyl groups excluding tert-OH is 1. The summed E-state index contributed by atoms with van der Waals surface area (Å²) in [5, 5.41) is 12.9. The van der Waals surface area contributed by atoms with Gasteiger partial charge in [0.2, 0.25) is 0 Å². The molecule has 0 fully saturated rings. The molecule has 0 amide bonds. The standard InChI is InChI=1S/C11H15ClFNO/c1-6-8(10(15)5-14-3)4-9(12)7(2)11(6)13/h4,10,14-15H,5H2,1-3H3. The molecule has 1 atom stereocenters. The lowest BCUT2D eigenvalue weighted by Crippen LogP contribution is -2.18. The molecule has 84 valence electrons. The monoisotopic (exact) mass is 231 g/mol. The second kappa shape index (κ2) is 4.92. The minimum atomic E-state index is -0.734. The Morgan fingerprint density at radius 3 is 2.60 bits per heavy atom. The third-order valence-electron chi connectivity index (χ3n) is 2.49. The van der Waals surface area contributed by atoms with E-state index in [1.807, 2.05) is 0 Å². The van der Waals surface area contributed by atoms with Crippen molar-refractivity contribution < 1.29 is 9.50 Å². The summed E-state index contributed by atoms with van der Waals surface area (Å²) >= 11 is 5.86. The maximum absolute atomic E-state index is 13.6. The lowest BCUT2D eigenvalue weighted by atomic mass is 10.00. The summed E-state index contributed by atoms with van der Waals surface area (Å²) in [5.74, 6) is -0.340. The molecule has 0 aliphatic rings. The smallest absolute Gasteiger partial charge is 0.130 e. The Morgan fingerprint density at radius 1 is 1.47 bits per heavy atom. The van der Waals surface area contributed by atoms with Crippen molar-refractivity contribution in [2.24, 2.45) is 0 Å².